The second kappa shape index (κ2) is 6.97. The average Bonchev–Trinajstić information content (AvgIpc) is 3.09. The van der Waals surface area contributed by atoms with Gasteiger partial charge in [0.1, 0.15) is 5.75 Å². The van der Waals surface area contributed by atoms with Crippen LogP contribution in [0.15, 0.2) is 48.5 Å². The minimum absolute atomic E-state index is 0.201. The minimum Gasteiger partial charge on any atom is -0.497 e. The van der Waals surface area contributed by atoms with Crippen molar-refractivity contribution in [3.63, 3.8) is 0 Å². The van der Waals surface area contributed by atoms with Crippen LogP contribution < -0.4 is 4.74 Å². The van der Waals surface area contributed by atoms with Crippen LogP contribution in [0.2, 0.25) is 0 Å². The molecule has 2 aromatic carbocycles. The Labute approximate surface area is 167 Å². The normalized spacial score (nSPS) is 24.7. The molecular formula is C25H30N2O. The fourth-order valence-electron chi connectivity index (χ4n) is 5.77. The maximum Gasteiger partial charge on any atom is 0.119 e. The molecule has 0 amide bonds. The van der Waals surface area contributed by atoms with Crippen LogP contribution in [0.3, 0.4) is 0 Å². The third-order valence-electron chi connectivity index (χ3n) is 7.16. The molecule has 3 aromatic rings. The van der Waals surface area contributed by atoms with Gasteiger partial charge < -0.3 is 14.6 Å². The van der Waals surface area contributed by atoms with Gasteiger partial charge in [0.25, 0.3) is 0 Å². The van der Waals surface area contributed by atoms with Gasteiger partial charge in [0.15, 0.2) is 0 Å². The molecule has 2 atom stereocenters. The van der Waals surface area contributed by atoms with Crippen molar-refractivity contribution in [2.24, 2.45) is 5.92 Å². The van der Waals surface area contributed by atoms with Crippen LogP contribution in [-0.2, 0) is 18.3 Å². The van der Waals surface area contributed by atoms with Crippen molar-refractivity contribution in [1.29, 1.82) is 0 Å². The highest BCUT2D eigenvalue weighted by Crippen LogP contribution is 2.49. The highest BCUT2D eigenvalue weighted by Gasteiger charge is 2.47. The number of rotatable bonds is 4. The number of aromatic amines is 1. The Bertz CT molecular complexity index is 991. The molecule has 2 unspecified atom stereocenters. The quantitative estimate of drug-likeness (QED) is 0.700. The molecule has 1 aliphatic carbocycles. The van der Waals surface area contributed by atoms with Crippen molar-refractivity contribution < 1.29 is 4.74 Å². The molecule has 28 heavy (non-hydrogen) atoms. The predicted molar refractivity (Wildman–Crippen MR) is 115 cm³/mol. The third-order valence-corrected chi connectivity index (χ3v) is 7.16. The lowest BCUT2D eigenvalue weighted by molar-refractivity contribution is 0.0815. The van der Waals surface area contributed by atoms with Gasteiger partial charge in [0, 0.05) is 28.6 Å². The highest BCUT2D eigenvalue weighted by atomic mass is 16.5. The SMILES string of the molecule is CCCN1CCC2(c3cccc(OC)c3)Cc3[nH]c4ccccc4c3CC2C1. The molecule has 0 spiro atoms. The predicted octanol–water partition coefficient (Wildman–Crippen LogP) is 4.95. The lowest BCUT2D eigenvalue weighted by Crippen LogP contribution is -2.53. The van der Waals surface area contributed by atoms with Crippen LogP contribution in [0.4, 0.5) is 0 Å². The van der Waals surface area contributed by atoms with Crippen molar-refractivity contribution in [3.8, 4) is 5.75 Å². The Morgan fingerprint density at radius 1 is 1.18 bits per heavy atom. The van der Waals surface area contributed by atoms with Crippen LogP contribution in [0.5, 0.6) is 5.75 Å². The van der Waals surface area contributed by atoms with Gasteiger partial charge in [-0.25, -0.2) is 0 Å². The molecule has 1 aliphatic heterocycles. The molecule has 1 N–H and O–H groups in total. The second-order valence-corrected chi connectivity index (χ2v) is 8.64. The Balaban J connectivity index is 1.62. The molecule has 2 heterocycles. The molecule has 146 valence electrons. The number of methoxy groups -OCH3 is 1. The van der Waals surface area contributed by atoms with Crippen LogP contribution >= 0.6 is 0 Å². The first-order valence-electron chi connectivity index (χ1n) is 10.7. The largest absolute Gasteiger partial charge is 0.497 e. The van der Waals surface area contributed by atoms with Crippen LogP contribution in [0.25, 0.3) is 10.9 Å². The van der Waals surface area contributed by atoms with E-state index in [1.165, 1.54) is 54.6 Å². The van der Waals surface area contributed by atoms with E-state index in [0.29, 0.717) is 5.92 Å². The number of ether oxygens (including phenoxy) is 1. The third kappa shape index (κ3) is 2.76. The Morgan fingerprint density at radius 3 is 2.93 bits per heavy atom. The molecular weight excluding hydrogens is 344 g/mol. The zero-order valence-electron chi connectivity index (χ0n) is 17.0. The maximum atomic E-state index is 5.58. The molecule has 3 heteroatoms. The van der Waals surface area contributed by atoms with Gasteiger partial charge in [-0.2, -0.15) is 0 Å². The zero-order valence-corrected chi connectivity index (χ0v) is 17.0. The van der Waals surface area contributed by atoms with E-state index in [-0.39, 0.29) is 5.41 Å². The summed E-state index contributed by atoms with van der Waals surface area (Å²) in [6.07, 6.45) is 4.72. The number of fused-ring (bicyclic) bond motifs is 4. The Kier molecular flexibility index (Phi) is 4.43. The summed E-state index contributed by atoms with van der Waals surface area (Å²) in [6, 6.07) is 17.7. The van der Waals surface area contributed by atoms with E-state index in [2.05, 4.69) is 65.3 Å². The van der Waals surface area contributed by atoms with Gasteiger partial charge in [0.2, 0.25) is 0 Å². The fourth-order valence-corrected chi connectivity index (χ4v) is 5.77. The summed E-state index contributed by atoms with van der Waals surface area (Å²) in [5.41, 5.74) is 5.95. The van der Waals surface area contributed by atoms with Gasteiger partial charge in [-0.05, 0) is 74.0 Å². The number of nitrogens with one attached hydrogen (secondary N) is 1. The smallest absolute Gasteiger partial charge is 0.119 e. The Morgan fingerprint density at radius 2 is 2.07 bits per heavy atom. The van der Waals surface area contributed by atoms with E-state index >= 15 is 0 Å². The number of hydrogen-bond acceptors (Lipinski definition) is 2. The molecule has 0 radical (unpaired) electrons. The first-order valence-corrected chi connectivity index (χ1v) is 10.7. The van der Waals surface area contributed by atoms with E-state index in [1.54, 1.807) is 12.7 Å². The van der Waals surface area contributed by atoms with Crippen molar-refractivity contribution in [2.45, 2.75) is 38.0 Å². The van der Waals surface area contributed by atoms with Crippen molar-refractivity contribution in [3.05, 3.63) is 65.4 Å². The number of hydrogen-bond donors (Lipinski definition) is 1. The number of likely N-dealkylation sites (tertiary alicyclic amines) is 1. The summed E-state index contributed by atoms with van der Waals surface area (Å²) in [4.78, 5) is 6.45. The highest BCUT2D eigenvalue weighted by molar-refractivity contribution is 5.85. The number of para-hydroxylation sites is 1. The monoisotopic (exact) mass is 374 g/mol. The van der Waals surface area contributed by atoms with Gasteiger partial charge in [0.05, 0.1) is 7.11 Å². The summed E-state index contributed by atoms with van der Waals surface area (Å²) in [5.74, 6) is 1.62. The van der Waals surface area contributed by atoms with Crippen molar-refractivity contribution in [2.75, 3.05) is 26.7 Å². The van der Waals surface area contributed by atoms with Crippen molar-refractivity contribution >= 4 is 10.9 Å². The molecule has 1 saturated heterocycles. The lowest BCUT2D eigenvalue weighted by atomic mass is 9.58. The number of aromatic nitrogens is 1. The summed E-state index contributed by atoms with van der Waals surface area (Å²) < 4.78 is 5.58. The molecule has 0 saturated carbocycles. The van der Waals surface area contributed by atoms with E-state index in [1.807, 2.05) is 0 Å². The molecule has 2 aliphatic rings. The Hall–Kier alpha value is -2.26. The first-order chi connectivity index (χ1) is 13.7. The number of benzene rings is 2. The summed E-state index contributed by atoms with van der Waals surface area (Å²) in [6.45, 7) is 5.90. The fraction of sp³-hybridized carbons (Fsp3) is 0.440. The molecule has 0 bridgehead atoms. The molecule has 1 fully saturated rings. The zero-order chi connectivity index (χ0) is 19.1. The standard InChI is InChI=1S/C25H30N2O/c1-3-12-27-13-11-25(18-7-6-8-20(14-18)28-2)16-24-22(15-19(25)17-27)21-9-4-5-10-23(21)26-24/h4-10,14,19,26H,3,11-13,15-17H2,1-2H3. The van der Waals surface area contributed by atoms with Gasteiger partial charge in [-0.15, -0.1) is 0 Å². The molecule has 1 aromatic heterocycles. The molecule has 3 nitrogen and oxygen atoms in total. The van der Waals surface area contributed by atoms with E-state index in [9.17, 15) is 0 Å². The van der Waals surface area contributed by atoms with Crippen LogP contribution in [-0.4, -0.2) is 36.6 Å². The van der Waals surface area contributed by atoms with E-state index in [4.69, 9.17) is 4.74 Å². The van der Waals surface area contributed by atoms with Crippen LogP contribution in [0.1, 0.15) is 36.6 Å². The van der Waals surface area contributed by atoms with E-state index < -0.39 is 0 Å². The summed E-state index contributed by atoms with van der Waals surface area (Å²) in [7, 11) is 1.77. The van der Waals surface area contributed by atoms with Gasteiger partial charge in [-0.1, -0.05) is 37.3 Å². The average molecular weight is 375 g/mol. The first kappa shape index (κ1) is 17.8. The molecule has 5 rings (SSSR count). The number of nitrogens with zero attached hydrogens (tertiary/aromatic N) is 1. The van der Waals surface area contributed by atoms with Gasteiger partial charge >= 0.3 is 0 Å². The summed E-state index contributed by atoms with van der Waals surface area (Å²) in [5, 5.41) is 1.42. The number of H-pyrrole nitrogens is 1. The van der Waals surface area contributed by atoms with Crippen molar-refractivity contribution in [1.82, 2.24) is 9.88 Å². The lowest BCUT2D eigenvalue weighted by Gasteiger charge is -2.51. The maximum absolute atomic E-state index is 5.58. The topological polar surface area (TPSA) is 28.3 Å². The summed E-state index contributed by atoms with van der Waals surface area (Å²) >= 11 is 0. The van der Waals surface area contributed by atoms with E-state index in [0.717, 1.165) is 18.6 Å². The second-order valence-electron chi connectivity index (χ2n) is 8.64. The number of piperidine rings is 1. The van der Waals surface area contributed by atoms with Crippen LogP contribution in [0, 0.1) is 5.92 Å². The minimum atomic E-state index is 0.201. The van der Waals surface area contributed by atoms with Gasteiger partial charge in [-0.3, -0.25) is 0 Å².